The van der Waals surface area contributed by atoms with Gasteiger partial charge in [0.1, 0.15) is 11.5 Å². The first-order valence-electron chi connectivity index (χ1n) is 8.91. The van der Waals surface area contributed by atoms with Crippen molar-refractivity contribution in [3.8, 4) is 11.5 Å². The molecule has 2 heteroatoms. The molecule has 0 heterocycles. The summed E-state index contributed by atoms with van der Waals surface area (Å²) in [6.07, 6.45) is 10.5. The molecule has 0 bridgehead atoms. The first-order chi connectivity index (χ1) is 10.4. The third kappa shape index (κ3) is 7.20. The van der Waals surface area contributed by atoms with E-state index in [1.54, 1.807) is 6.07 Å². The van der Waals surface area contributed by atoms with Crippen LogP contribution in [0.5, 0.6) is 11.5 Å². The number of aromatic hydroxyl groups is 1. The van der Waals surface area contributed by atoms with E-state index in [-0.39, 0.29) is 5.41 Å². The molecule has 1 rings (SSSR count). The molecule has 1 N–H and O–H groups in total. The second-order valence-corrected chi connectivity index (χ2v) is 7.25. The van der Waals surface area contributed by atoms with E-state index in [0.29, 0.717) is 5.75 Å². The number of unbranched alkanes of at least 4 members (excludes halogenated alkanes) is 7. The van der Waals surface area contributed by atoms with Crippen LogP contribution < -0.4 is 4.74 Å². The van der Waals surface area contributed by atoms with E-state index in [0.717, 1.165) is 24.3 Å². The van der Waals surface area contributed by atoms with Gasteiger partial charge in [0, 0.05) is 5.56 Å². The summed E-state index contributed by atoms with van der Waals surface area (Å²) < 4.78 is 5.83. The maximum absolute atomic E-state index is 9.95. The lowest BCUT2D eigenvalue weighted by Gasteiger charge is -2.21. The molecule has 0 radical (unpaired) electrons. The van der Waals surface area contributed by atoms with E-state index in [1.165, 1.54) is 44.9 Å². The van der Waals surface area contributed by atoms with Gasteiger partial charge in [0.15, 0.2) is 0 Å². The fourth-order valence-corrected chi connectivity index (χ4v) is 2.63. The van der Waals surface area contributed by atoms with Crippen LogP contribution in [0.3, 0.4) is 0 Å². The Bertz CT molecular complexity index is 418. The summed E-state index contributed by atoms with van der Waals surface area (Å²) in [4.78, 5) is 0. The zero-order valence-corrected chi connectivity index (χ0v) is 15.0. The highest BCUT2D eigenvalue weighted by atomic mass is 16.5. The lowest BCUT2D eigenvalue weighted by molar-refractivity contribution is 0.302. The first-order valence-corrected chi connectivity index (χ1v) is 8.91. The number of phenolic OH excluding ortho intramolecular Hbond substituents is 1. The van der Waals surface area contributed by atoms with Gasteiger partial charge >= 0.3 is 0 Å². The molecule has 2 nitrogen and oxygen atoms in total. The van der Waals surface area contributed by atoms with Gasteiger partial charge in [-0.1, -0.05) is 72.6 Å². The molecule has 0 saturated heterocycles. The van der Waals surface area contributed by atoms with Crippen LogP contribution in [0.1, 0.15) is 84.6 Å². The molecule has 0 atom stereocenters. The number of hydrogen-bond donors (Lipinski definition) is 1. The standard InChI is InChI=1S/C20H34O2/c1-5-6-7-8-9-10-11-12-15-22-17-13-14-19(21)18(16-17)20(2,3)4/h13-14,16,21H,5-12,15H2,1-4H3. The van der Waals surface area contributed by atoms with Crippen molar-refractivity contribution in [3.05, 3.63) is 23.8 Å². The van der Waals surface area contributed by atoms with Crippen molar-refractivity contribution in [2.75, 3.05) is 6.61 Å². The fourth-order valence-electron chi connectivity index (χ4n) is 2.63. The lowest BCUT2D eigenvalue weighted by atomic mass is 9.86. The summed E-state index contributed by atoms with van der Waals surface area (Å²) in [5.41, 5.74) is 0.878. The molecule has 1 aromatic rings. The zero-order valence-electron chi connectivity index (χ0n) is 15.0. The third-order valence-corrected chi connectivity index (χ3v) is 4.04. The minimum Gasteiger partial charge on any atom is -0.508 e. The SMILES string of the molecule is CCCCCCCCCCOc1ccc(O)c(C(C)(C)C)c1. The summed E-state index contributed by atoms with van der Waals surface area (Å²) in [6.45, 7) is 9.33. The molecule has 0 aromatic heterocycles. The van der Waals surface area contributed by atoms with E-state index in [9.17, 15) is 5.11 Å². The Hall–Kier alpha value is -1.18. The number of ether oxygens (including phenoxy) is 1. The molecule has 0 saturated carbocycles. The predicted octanol–water partition coefficient (Wildman–Crippen LogP) is 6.21. The molecule has 0 fully saturated rings. The van der Waals surface area contributed by atoms with Gasteiger partial charge in [-0.25, -0.2) is 0 Å². The van der Waals surface area contributed by atoms with E-state index in [4.69, 9.17) is 4.74 Å². The second-order valence-electron chi connectivity index (χ2n) is 7.25. The van der Waals surface area contributed by atoms with Gasteiger partial charge in [0.25, 0.3) is 0 Å². The van der Waals surface area contributed by atoms with Crippen molar-refractivity contribution >= 4 is 0 Å². The maximum atomic E-state index is 9.95. The molecule has 1 aromatic carbocycles. The highest BCUT2D eigenvalue weighted by Gasteiger charge is 2.18. The Morgan fingerprint density at radius 1 is 0.909 bits per heavy atom. The van der Waals surface area contributed by atoms with Crippen LogP contribution in [0, 0.1) is 0 Å². The third-order valence-electron chi connectivity index (χ3n) is 4.04. The Morgan fingerprint density at radius 2 is 1.50 bits per heavy atom. The van der Waals surface area contributed by atoms with E-state index < -0.39 is 0 Å². The highest BCUT2D eigenvalue weighted by molar-refractivity contribution is 5.43. The highest BCUT2D eigenvalue weighted by Crippen LogP contribution is 2.33. The number of benzene rings is 1. The topological polar surface area (TPSA) is 29.5 Å². The van der Waals surface area contributed by atoms with Crippen molar-refractivity contribution < 1.29 is 9.84 Å². The number of hydrogen-bond acceptors (Lipinski definition) is 2. The van der Waals surface area contributed by atoms with Gasteiger partial charge in [0.05, 0.1) is 6.61 Å². The van der Waals surface area contributed by atoms with Gasteiger partial charge in [-0.3, -0.25) is 0 Å². The molecule has 22 heavy (non-hydrogen) atoms. The molecular formula is C20H34O2. The van der Waals surface area contributed by atoms with Crippen LogP contribution in [-0.4, -0.2) is 11.7 Å². The fraction of sp³-hybridized carbons (Fsp3) is 0.700. The molecular weight excluding hydrogens is 272 g/mol. The summed E-state index contributed by atoms with van der Waals surface area (Å²) in [5, 5.41) is 9.95. The Labute approximate surface area is 136 Å². The number of phenols is 1. The van der Waals surface area contributed by atoms with E-state index in [1.807, 2.05) is 12.1 Å². The lowest BCUT2D eigenvalue weighted by Crippen LogP contribution is -2.11. The second kappa shape index (κ2) is 9.76. The van der Waals surface area contributed by atoms with Crippen LogP contribution in [0.15, 0.2) is 18.2 Å². The summed E-state index contributed by atoms with van der Waals surface area (Å²) in [5.74, 6) is 1.22. The summed E-state index contributed by atoms with van der Waals surface area (Å²) in [7, 11) is 0. The first kappa shape index (κ1) is 18.9. The smallest absolute Gasteiger partial charge is 0.119 e. The van der Waals surface area contributed by atoms with Crippen LogP contribution >= 0.6 is 0 Å². The van der Waals surface area contributed by atoms with Crippen LogP contribution in [0.4, 0.5) is 0 Å². The van der Waals surface area contributed by atoms with Crippen LogP contribution in [0.25, 0.3) is 0 Å². The minimum atomic E-state index is -0.0675. The van der Waals surface area contributed by atoms with Crippen molar-refractivity contribution in [3.63, 3.8) is 0 Å². The maximum Gasteiger partial charge on any atom is 0.119 e. The molecule has 0 aliphatic carbocycles. The largest absolute Gasteiger partial charge is 0.508 e. The minimum absolute atomic E-state index is 0.0675. The number of rotatable bonds is 10. The van der Waals surface area contributed by atoms with E-state index >= 15 is 0 Å². The average Bonchev–Trinajstić information content (AvgIpc) is 2.46. The molecule has 126 valence electrons. The predicted molar refractivity (Wildman–Crippen MR) is 94.9 cm³/mol. The molecule has 0 aliphatic rings. The van der Waals surface area contributed by atoms with Crippen molar-refractivity contribution in [2.24, 2.45) is 0 Å². The zero-order chi connectivity index (χ0) is 16.4. The van der Waals surface area contributed by atoms with Gasteiger partial charge in [0.2, 0.25) is 0 Å². The Balaban J connectivity index is 2.23. The van der Waals surface area contributed by atoms with Gasteiger partial charge in [-0.15, -0.1) is 0 Å². The average molecular weight is 306 g/mol. The normalized spacial score (nSPS) is 11.6. The quantitative estimate of drug-likeness (QED) is 0.521. The van der Waals surface area contributed by atoms with Crippen LogP contribution in [-0.2, 0) is 5.41 Å². The molecule has 0 unspecified atom stereocenters. The molecule has 0 spiro atoms. The van der Waals surface area contributed by atoms with Gasteiger partial charge in [-0.2, -0.15) is 0 Å². The molecule has 0 amide bonds. The van der Waals surface area contributed by atoms with Gasteiger partial charge < -0.3 is 9.84 Å². The van der Waals surface area contributed by atoms with Gasteiger partial charge in [-0.05, 0) is 30.0 Å². The Morgan fingerprint density at radius 3 is 2.09 bits per heavy atom. The Kier molecular flexibility index (Phi) is 8.37. The molecule has 0 aliphatic heterocycles. The van der Waals surface area contributed by atoms with Crippen LogP contribution in [0.2, 0.25) is 0 Å². The van der Waals surface area contributed by atoms with Crippen molar-refractivity contribution in [1.29, 1.82) is 0 Å². The monoisotopic (exact) mass is 306 g/mol. The van der Waals surface area contributed by atoms with Crippen molar-refractivity contribution in [1.82, 2.24) is 0 Å². The van der Waals surface area contributed by atoms with Crippen molar-refractivity contribution in [2.45, 2.75) is 84.5 Å². The van der Waals surface area contributed by atoms with E-state index in [2.05, 4.69) is 27.7 Å². The summed E-state index contributed by atoms with van der Waals surface area (Å²) in [6, 6.07) is 5.57. The summed E-state index contributed by atoms with van der Waals surface area (Å²) >= 11 is 0.